The summed E-state index contributed by atoms with van der Waals surface area (Å²) in [7, 11) is 3.23. The third-order valence-corrected chi connectivity index (χ3v) is 3.07. The van der Waals surface area contributed by atoms with Crippen LogP contribution < -0.4 is 15.0 Å². The third kappa shape index (κ3) is 4.40. The summed E-state index contributed by atoms with van der Waals surface area (Å²) >= 11 is 0. The lowest BCUT2D eigenvalue weighted by atomic mass is 10.3. The van der Waals surface area contributed by atoms with Gasteiger partial charge in [-0.3, -0.25) is 14.9 Å². The molecule has 8 nitrogen and oxygen atoms in total. The highest BCUT2D eigenvalue weighted by Crippen LogP contribution is 2.17. The number of nitrogens with one attached hydrogen (secondary N) is 1. The van der Waals surface area contributed by atoms with Crippen molar-refractivity contribution in [2.75, 3.05) is 30.9 Å². The van der Waals surface area contributed by atoms with Gasteiger partial charge >= 0.3 is 0 Å². The van der Waals surface area contributed by atoms with E-state index in [0.717, 1.165) is 6.20 Å². The van der Waals surface area contributed by atoms with Crippen molar-refractivity contribution in [3.63, 3.8) is 0 Å². The average Bonchev–Trinajstić information content (AvgIpc) is 2.54. The van der Waals surface area contributed by atoms with Gasteiger partial charge in [0.25, 0.3) is 5.69 Å². The standard InChI is InChI=1S/C15H16N4O4/c1-18(14-7-6-12(9-16-14)19(21)22)10-15(20)17-11-4-3-5-13(8-11)23-2/h3-9H,10H2,1-2H3,(H,17,20). The lowest BCUT2D eigenvalue weighted by Crippen LogP contribution is -2.30. The Balaban J connectivity index is 1.97. The Hall–Kier alpha value is -3.16. The molecule has 0 bridgehead atoms. The zero-order chi connectivity index (χ0) is 16.8. The SMILES string of the molecule is COc1cccc(NC(=O)CN(C)c2ccc([N+](=O)[O-])cn2)c1. The fourth-order valence-electron chi connectivity index (χ4n) is 1.91. The normalized spacial score (nSPS) is 10.0. The van der Waals surface area contributed by atoms with Crippen molar-refractivity contribution in [3.05, 3.63) is 52.7 Å². The van der Waals surface area contributed by atoms with Crippen molar-refractivity contribution >= 4 is 23.1 Å². The summed E-state index contributed by atoms with van der Waals surface area (Å²) in [6.45, 7) is 0.0576. The summed E-state index contributed by atoms with van der Waals surface area (Å²) in [6.07, 6.45) is 1.16. The van der Waals surface area contributed by atoms with Gasteiger partial charge < -0.3 is 15.0 Å². The van der Waals surface area contributed by atoms with E-state index in [9.17, 15) is 14.9 Å². The van der Waals surface area contributed by atoms with Gasteiger partial charge in [-0.05, 0) is 18.2 Å². The summed E-state index contributed by atoms with van der Waals surface area (Å²) in [5, 5.41) is 13.3. The van der Waals surface area contributed by atoms with E-state index in [4.69, 9.17) is 4.74 Å². The lowest BCUT2D eigenvalue weighted by Gasteiger charge is -2.17. The Morgan fingerprint density at radius 2 is 2.17 bits per heavy atom. The van der Waals surface area contributed by atoms with Gasteiger partial charge in [-0.2, -0.15) is 0 Å². The maximum absolute atomic E-state index is 12.0. The van der Waals surface area contributed by atoms with Crippen LogP contribution in [0.15, 0.2) is 42.6 Å². The molecule has 23 heavy (non-hydrogen) atoms. The Morgan fingerprint density at radius 1 is 1.39 bits per heavy atom. The highest BCUT2D eigenvalue weighted by atomic mass is 16.6. The Kier molecular flexibility index (Phi) is 5.08. The van der Waals surface area contributed by atoms with Crippen LogP contribution in [0.2, 0.25) is 0 Å². The fourth-order valence-corrected chi connectivity index (χ4v) is 1.91. The molecule has 0 aliphatic rings. The first-order valence-electron chi connectivity index (χ1n) is 6.75. The monoisotopic (exact) mass is 316 g/mol. The smallest absolute Gasteiger partial charge is 0.287 e. The summed E-state index contributed by atoms with van der Waals surface area (Å²) in [5.74, 6) is 0.880. The molecule has 2 aromatic rings. The van der Waals surface area contributed by atoms with E-state index in [1.54, 1.807) is 43.3 Å². The van der Waals surface area contributed by atoms with Crippen LogP contribution in [0.3, 0.4) is 0 Å². The molecule has 0 fully saturated rings. The molecule has 8 heteroatoms. The van der Waals surface area contributed by atoms with Crippen molar-refractivity contribution in [3.8, 4) is 5.75 Å². The molecule has 0 saturated carbocycles. The number of pyridine rings is 1. The number of methoxy groups -OCH3 is 1. The van der Waals surface area contributed by atoms with E-state index >= 15 is 0 Å². The van der Waals surface area contributed by atoms with Crippen LogP contribution in [0.4, 0.5) is 17.2 Å². The van der Waals surface area contributed by atoms with Crippen molar-refractivity contribution < 1.29 is 14.5 Å². The first kappa shape index (κ1) is 16.2. The van der Waals surface area contributed by atoms with Crippen LogP contribution in [0, 0.1) is 10.1 Å². The van der Waals surface area contributed by atoms with E-state index in [1.165, 1.54) is 12.1 Å². The molecule has 0 spiro atoms. The van der Waals surface area contributed by atoms with Gasteiger partial charge in [0.1, 0.15) is 17.8 Å². The van der Waals surface area contributed by atoms with Gasteiger partial charge in [0, 0.05) is 24.9 Å². The van der Waals surface area contributed by atoms with Crippen molar-refractivity contribution in [1.29, 1.82) is 0 Å². The molecular weight excluding hydrogens is 300 g/mol. The lowest BCUT2D eigenvalue weighted by molar-refractivity contribution is -0.385. The Morgan fingerprint density at radius 3 is 2.78 bits per heavy atom. The Bertz CT molecular complexity index is 703. The first-order chi connectivity index (χ1) is 11.0. The molecule has 120 valence electrons. The van der Waals surface area contributed by atoms with Crippen LogP contribution in [0.1, 0.15) is 0 Å². The molecule has 2 rings (SSSR count). The maximum atomic E-state index is 12.0. The van der Waals surface area contributed by atoms with Gasteiger partial charge in [-0.25, -0.2) is 4.98 Å². The molecule has 0 radical (unpaired) electrons. The molecule has 0 aliphatic carbocycles. The number of ether oxygens (including phenoxy) is 1. The van der Waals surface area contributed by atoms with Crippen LogP contribution in [0.25, 0.3) is 0 Å². The van der Waals surface area contributed by atoms with Crippen LogP contribution in [-0.2, 0) is 4.79 Å². The minimum Gasteiger partial charge on any atom is -0.497 e. The van der Waals surface area contributed by atoms with E-state index in [-0.39, 0.29) is 18.1 Å². The van der Waals surface area contributed by atoms with Crippen molar-refractivity contribution in [2.24, 2.45) is 0 Å². The van der Waals surface area contributed by atoms with E-state index in [2.05, 4.69) is 10.3 Å². The van der Waals surface area contributed by atoms with Gasteiger partial charge in [0.15, 0.2) is 0 Å². The minimum absolute atomic E-state index is 0.0576. The average molecular weight is 316 g/mol. The number of anilines is 2. The topological polar surface area (TPSA) is 97.6 Å². The summed E-state index contributed by atoms with van der Waals surface area (Å²) < 4.78 is 5.09. The second kappa shape index (κ2) is 7.21. The quantitative estimate of drug-likeness (QED) is 0.647. The van der Waals surface area contributed by atoms with Crippen LogP contribution in [0.5, 0.6) is 5.75 Å². The molecule has 1 amide bonds. The second-order valence-corrected chi connectivity index (χ2v) is 4.77. The Labute approximate surface area is 132 Å². The highest BCUT2D eigenvalue weighted by molar-refractivity contribution is 5.94. The molecule has 0 saturated heterocycles. The van der Waals surface area contributed by atoms with Crippen molar-refractivity contribution in [1.82, 2.24) is 4.98 Å². The van der Waals surface area contributed by atoms with Crippen LogP contribution >= 0.6 is 0 Å². The number of rotatable bonds is 6. The number of nitro groups is 1. The number of aromatic nitrogens is 1. The zero-order valence-electron chi connectivity index (χ0n) is 12.7. The van der Waals surface area contributed by atoms with Gasteiger partial charge in [-0.1, -0.05) is 6.07 Å². The van der Waals surface area contributed by atoms with E-state index < -0.39 is 4.92 Å². The van der Waals surface area contributed by atoms with Crippen LogP contribution in [-0.4, -0.2) is 36.5 Å². The number of hydrogen-bond donors (Lipinski definition) is 1. The second-order valence-electron chi connectivity index (χ2n) is 4.77. The predicted molar refractivity (Wildman–Crippen MR) is 85.8 cm³/mol. The number of hydrogen-bond acceptors (Lipinski definition) is 6. The van der Waals surface area contributed by atoms with Gasteiger partial charge in [0.05, 0.1) is 18.6 Å². The predicted octanol–water partition coefficient (Wildman–Crippen LogP) is 2.07. The number of benzene rings is 1. The van der Waals surface area contributed by atoms with E-state index in [0.29, 0.717) is 17.3 Å². The molecule has 1 heterocycles. The number of nitrogens with zero attached hydrogens (tertiary/aromatic N) is 3. The molecule has 0 aliphatic heterocycles. The molecule has 0 unspecified atom stereocenters. The molecule has 0 atom stereocenters. The minimum atomic E-state index is -0.522. The van der Waals surface area contributed by atoms with E-state index in [1.807, 2.05) is 0 Å². The maximum Gasteiger partial charge on any atom is 0.287 e. The van der Waals surface area contributed by atoms with Crippen molar-refractivity contribution in [2.45, 2.75) is 0 Å². The number of carbonyl (C=O) groups excluding carboxylic acids is 1. The molecular formula is C15H16N4O4. The highest BCUT2D eigenvalue weighted by Gasteiger charge is 2.11. The number of amides is 1. The first-order valence-corrected chi connectivity index (χ1v) is 6.75. The summed E-state index contributed by atoms with van der Waals surface area (Å²) in [6, 6.07) is 9.86. The number of likely N-dealkylation sites (N-methyl/N-ethyl adjacent to an activating group) is 1. The van der Waals surface area contributed by atoms with Gasteiger partial charge in [0.2, 0.25) is 5.91 Å². The van der Waals surface area contributed by atoms with Gasteiger partial charge in [-0.15, -0.1) is 0 Å². The largest absolute Gasteiger partial charge is 0.497 e. The summed E-state index contributed by atoms with van der Waals surface area (Å²) in [4.78, 5) is 27.7. The zero-order valence-corrected chi connectivity index (χ0v) is 12.7. The molecule has 1 aromatic heterocycles. The molecule has 1 aromatic carbocycles. The number of carbonyl (C=O) groups is 1. The fraction of sp³-hybridized carbons (Fsp3) is 0.200. The third-order valence-electron chi connectivity index (χ3n) is 3.07. The summed E-state index contributed by atoms with van der Waals surface area (Å²) in [5.41, 5.74) is 0.530. The molecule has 1 N–H and O–H groups in total.